The summed E-state index contributed by atoms with van der Waals surface area (Å²) in [4.78, 5) is 24.1. The number of methoxy groups -OCH3 is 1. The third-order valence-electron chi connectivity index (χ3n) is 3.23. The number of anilines is 1. The fourth-order valence-corrected chi connectivity index (χ4v) is 2.36. The van der Waals surface area contributed by atoms with Gasteiger partial charge in [0.2, 0.25) is 0 Å². The highest BCUT2D eigenvalue weighted by Crippen LogP contribution is 2.25. The van der Waals surface area contributed by atoms with Crippen molar-refractivity contribution in [2.24, 2.45) is 0 Å². The van der Waals surface area contributed by atoms with Gasteiger partial charge in [0.15, 0.2) is 17.7 Å². The van der Waals surface area contributed by atoms with Crippen LogP contribution in [0.5, 0.6) is 5.75 Å². The van der Waals surface area contributed by atoms with Crippen molar-refractivity contribution in [3.8, 4) is 5.75 Å². The van der Waals surface area contributed by atoms with Gasteiger partial charge in [0.05, 0.1) is 23.4 Å². The molecule has 0 bridgehead atoms. The van der Waals surface area contributed by atoms with Crippen molar-refractivity contribution in [1.29, 1.82) is 0 Å². The minimum absolute atomic E-state index is 0.000258. The molecule has 0 heterocycles. The molecule has 0 saturated carbocycles. The van der Waals surface area contributed by atoms with Crippen LogP contribution in [-0.2, 0) is 9.53 Å². The summed E-state index contributed by atoms with van der Waals surface area (Å²) in [6.07, 6.45) is -1.12. The van der Waals surface area contributed by atoms with Crippen molar-refractivity contribution >= 4 is 40.8 Å². The van der Waals surface area contributed by atoms with Crippen LogP contribution >= 0.6 is 23.2 Å². The first-order chi connectivity index (χ1) is 11.8. The van der Waals surface area contributed by atoms with E-state index in [2.05, 4.69) is 5.32 Å². The zero-order valence-corrected chi connectivity index (χ0v) is 14.8. The number of rotatable bonds is 5. The van der Waals surface area contributed by atoms with Crippen LogP contribution in [0.3, 0.4) is 0 Å². The maximum absolute atomic E-state index is 13.6. The lowest BCUT2D eigenvalue weighted by molar-refractivity contribution is -0.123. The highest BCUT2D eigenvalue weighted by Gasteiger charge is 2.20. The number of hydrogen-bond donors (Lipinski definition) is 1. The molecule has 2 aromatic carbocycles. The first kappa shape index (κ1) is 19.0. The van der Waals surface area contributed by atoms with Gasteiger partial charge in [-0.2, -0.15) is 0 Å². The summed E-state index contributed by atoms with van der Waals surface area (Å²) in [5, 5.41) is 3.19. The molecule has 2 aromatic rings. The second-order valence-corrected chi connectivity index (χ2v) is 5.85. The van der Waals surface area contributed by atoms with E-state index in [-0.39, 0.29) is 16.3 Å². The number of hydrogen-bond acceptors (Lipinski definition) is 4. The molecule has 132 valence electrons. The van der Waals surface area contributed by atoms with Crippen molar-refractivity contribution in [3.63, 3.8) is 0 Å². The lowest BCUT2D eigenvalue weighted by atomic mass is 10.2. The molecule has 0 aliphatic heterocycles. The van der Waals surface area contributed by atoms with Gasteiger partial charge in [-0.1, -0.05) is 23.2 Å². The SMILES string of the molecule is COc1ccc(C(=O)O[C@@H](C)C(=O)Nc2ccc(Cl)cc2Cl)cc1F. The Kier molecular flexibility index (Phi) is 6.22. The van der Waals surface area contributed by atoms with E-state index in [0.29, 0.717) is 10.7 Å². The van der Waals surface area contributed by atoms with Crippen molar-refractivity contribution in [1.82, 2.24) is 0 Å². The van der Waals surface area contributed by atoms with Gasteiger partial charge in [-0.3, -0.25) is 4.79 Å². The Hall–Kier alpha value is -2.31. The molecular formula is C17H14Cl2FNO4. The maximum Gasteiger partial charge on any atom is 0.339 e. The van der Waals surface area contributed by atoms with Crippen LogP contribution in [-0.4, -0.2) is 25.1 Å². The molecule has 8 heteroatoms. The Bertz CT molecular complexity index is 813. The van der Waals surface area contributed by atoms with Crippen LogP contribution in [0.1, 0.15) is 17.3 Å². The van der Waals surface area contributed by atoms with Crippen LogP contribution in [0.25, 0.3) is 0 Å². The highest BCUT2D eigenvalue weighted by atomic mass is 35.5. The minimum Gasteiger partial charge on any atom is -0.494 e. The third-order valence-corrected chi connectivity index (χ3v) is 3.78. The number of esters is 1. The molecule has 0 aliphatic rings. The lowest BCUT2D eigenvalue weighted by Gasteiger charge is -2.14. The maximum atomic E-state index is 13.6. The first-order valence-corrected chi connectivity index (χ1v) is 7.88. The molecule has 25 heavy (non-hydrogen) atoms. The van der Waals surface area contributed by atoms with E-state index in [9.17, 15) is 14.0 Å². The fourth-order valence-electron chi connectivity index (χ4n) is 1.90. The van der Waals surface area contributed by atoms with Crippen LogP contribution in [0.15, 0.2) is 36.4 Å². The molecule has 0 radical (unpaired) electrons. The van der Waals surface area contributed by atoms with Gasteiger partial charge in [-0.15, -0.1) is 0 Å². The van der Waals surface area contributed by atoms with E-state index in [1.807, 2.05) is 0 Å². The predicted molar refractivity (Wildman–Crippen MR) is 92.9 cm³/mol. The smallest absolute Gasteiger partial charge is 0.339 e. The van der Waals surface area contributed by atoms with E-state index >= 15 is 0 Å². The second kappa shape index (κ2) is 8.18. The van der Waals surface area contributed by atoms with Gasteiger partial charge >= 0.3 is 5.97 Å². The number of amides is 1. The van der Waals surface area contributed by atoms with Crippen LogP contribution < -0.4 is 10.1 Å². The molecule has 1 amide bonds. The Morgan fingerprint density at radius 1 is 1.16 bits per heavy atom. The summed E-state index contributed by atoms with van der Waals surface area (Å²) in [7, 11) is 1.31. The summed E-state index contributed by atoms with van der Waals surface area (Å²) in [6, 6.07) is 8.16. The molecular weight excluding hydrogens is 372 g/mol. The Balaban J connectivity index is 2.02. The summed E-state index contributed by atoms with van der Waals surface area (Å²) >= 11 is 11.7. The number of nitrogens with one attached hydrogen (secondary N) is 1. The second-order valence-electron chi connectivity index (χ2n) is 5.01. The average Bonchev–Trinajstić information content (AvgIpc) is 2.57. The van der Waals surface area contributed by atoms with Crippen LogP contribution in [0.4, 0.5) is 10.1 Å². The number of halogens is 3. The van der Waals surface area contributed by atoms with E-state index in [1.54, 1.807) is 6.07 Å². The molecule has 5 nitrogen and oxygen atoms in total. The minimum atomic E-state index is -1.12. The van der Waals surface area contributed by atoms with E-state index in [1.165, 1.54) is 38.3 Å². The van der Waals surface area contributed by atoms with Crippen LogP contribution in [0.2, 0.25) is 10.0 Å². The zero-order chi connectivity index (χ0) is 18.6. The first-order valence-electron chi connectivity index (χ1n) is 7.12. The fraction of sp³-hybridized carbons (Fsp3) is 0.176. The normalized spacial score (nSPS) is 11.6. The third kappa shape index (κ3) is 4.84. The van der Waals surface area contributed by atoms with Gasteiger partial charge in [0.1, 0.15) is 0 Å². The van der Waals surface area contributed by atoms with Crippen molar-refractivity contribution < 1.29 is 23.5 Å². The number of benzene rings is 2. The van der Waals surface area contributed by atoms with Crippen molar-refractivity contribution in [2.75, 3.05) is 12.4 Å². The molecule has 1 atom stereocenters. The molecule has 0 saturated heterocycles. The summed E-state index contributed by atoms with van der Waals surface area (Å²) in [6.45, 7) is 1.39. The Morgan fingerprint density at radius 3 is 2.48 bits per heavy atom. The number of ether oxygens (including phenoxy) is 2. The summed E-state index contributed by atoms with van der Waals surface area (Å²) in [5.41, 5.74) is 0.289. The largest absolute Gasteiger partial charge is 0.494 e. The molecule has 0 aliphatic carbocycles. The molecule has 0 spiro atoms. The zero-order valence-electron chi connectivity index (χ0n) is 13.3. The predicted octanol–water partition coefficient (Wildman–Crippen LogP) is 4.33. The summed E-state index contributed by atoms with van der Waals surface area (Å²) in [5.74, 6) is -2.14. The quantitative estimate of drug-likeness (QED) is 0.778. The summed E-state index contributed by atoms with van der Waals surface area (Å²) < 4.78 is 23.4. The van der Waals surface area contributed by atoms with E-state index in [0.717, 1.165) is 6.07 Å². The highest BCUT2D eigenvalue weighted by molar-refractivity contribution is 6.36. The lowest BCUT2D eigenvalue weighted by Crippen LogP contribution is -2.30. The Morgan fingerprint density at radius 2 is 1.88 bits per heavy atom. The van der Waals surface area contributed by atoms with E-state index in [4.69, 9.17) is 32.7 Å². The molecule has 0 fully saturated rings. The standard InChI is InChI=1S/C17H14Cl2FNO4/c1-9(16(22)21-14-5-4-11(18)8-12(14)19)25-17(23)10-3-6-15(24-2)13(20)7-10/h3-9H,1-2H3,(H,21,22)/t9-/m0/s1. The van der Waals surface area contributed by atoms with Crippen LogP contribution in [0, 0.1) is 5.82 Å². The van der Waals surface area contributed by atoms with Crippen molar-refractivity contribution in [3.05, 3.63) is 57.8 Å². The number of carbonyl (C=O) groups excluding carboxylic acids is 2. The van der Waals surface area contributed by atoms with Gasteiger partial charge in [0, 0.05) is 5.02 Å². The van der Waals surface area contributed by atoms with Crippen molar-refractivity contribution in [2.45, 2.75) is 13.0 Å². The monoisotopic (exact) mass is 385 g/mol. The molecule has 0 aromatic heterocycles. The molecule has 2 rings (SSSR count). The van der Waals surface area contributed by atoms with E-state index < -0.39 is 23.8 Å². The topological polar surface area (TPSA) is 64.6 Å². The molecule has 0 unspecified atom stereocenters. The Labute approximate surface area is 153 Å². The van der Waals surface area contributed by atoms with Gasteiger partial charge in [0.25, 0.3) is 5.91 Å². The molecule has 1 N–H and O–H groups in total. The van der Waals surface area contributed by atoms with Gasteiger partial charge in [-0.25, -0.2) is 9.18 Å². The van der Waals surface area contributed by atoms with Gasteiger partial charge in [-0.05, 0) is 43.3 Å². The number of carbonyl (C=O) groups is 2. The van der Waals surface area contributed by atoms with Gasteiger partial charge < -0.3 is 14.8 Å². The average molecular weight is 386 g/mol.